The van der Waals surface area contributed by atoms with E-state index in [9.17, 15) is 18.0 Å². The average molecular weight is 497 g/mol. The van der Waals surface area contributed by atoms with Crippen molar-refractivity contribution < 1.29 is 27.8 Å². The van der Waals surface area contributed by atoms with E-state index >= 15 is 0 Å². The van der Waals surface area contributed by atoms with E-state index in [0.29, 0.717) is 45.0 Å². The van der Waals surface area contributed by atoms with E-state index in [1.807, 2.05) is 0 Å². The zero-order chi connectivity index (χ0) is 26.2. The zero-order valence-corrected chi connectivity index (χ0v) is 19.5. The van der Waals surface area contributed by atoms with Crippen molar-refractivity contribution in [3.8, 4) is 16.9 Å². The maximum atomic E-state index is 13.3. The number of benzene rings is 2. The van der Waals surface area contributed by atoms with Crippen molar-refractivity contribution in [1.82, 2.24) is 15.0 Å². The van der Waals surface area contributed by atoms with Crippen LogP contribution in [0.2, 0.25) is 0 Å². The maximum absolute atomic E-state index is 13.3. The van der Waals surface area contributed by atoms with Gasteiger partial charge in [0.05, 0.1) is 24.2 Å². The van der Waals surface area contributed by atoms with Gasteiger partial charge in [-0.15, -0.1) is 0 Å². The standard InChI is InChI=1S/C25H22F3N5O3/c1-12(15-6-16(25(26,27)28)8-17(29)7-15)31-23-19-9-18(14-4-5-20(24(34)35)30-11-14)22(36-3)10-21(19)32-13(2)33-23/h4-12H,29H2,1-3H3,(H,34,35)(H,31,32,33)/t12-/m0/s1. The van der Waals surface area contributed by atoms with Crippen LogP contribution in [0.3, 0.4) is 0 Å². The fraction of sp³-hybridized carbons (Fsp3) is 0.200. The topological polar surface area (TPSA) is 123 Å². The van der Waals surface area contributed by atoms with Crippen molar-refractivity contribution in [3.63, 3.8) is 0 Å². The number of aryl methyl sites for hydroxylation is 1. The van der Waals surface area contributed by atoms with E-state index in [2.05, 4.69) is 20.3 Å². The number of nitrogen functional groups attached to an aromatic ring is 1. The normalized spacial score (nSPS) is 12.4. The van der Waals surface area contributed by atoms with E-state index in [0.717, 1.165) is 12.1 Å². The molecular formula is C25H22F3N5O3. The summed E-state index contributed by atoms with van der Waals surface area (Å²) in [6, 6.07) is 9.31. The third-order valence-electron chi connectivity index (χ3n) is 5.58. The Kier molecular flexibility index (Phi) is 6.40. The molecule has 186 valence electrons. The summed E-state index contributed by atoms with van der Waals surface area (Å²) in [5.74, 6) is 0.185. The molecule has 0 amide bonds. The number of carboxylic acids is 1. The van der Waals surface area contributed by atoms with Gasteiger partial charge in [0.1, 0.15) is 23.1 Å². The molecule has 0 saturated carbocycles. The third kappa shape index (κ3) is 4.99. The van der Waals surface area contributed by atoms with Crippen LogP contribution in [0.4, 0.5) is 24.7 Å². The molecule has 2 heterocycles. The fourth-order valence-corrected chi connectivity index (χ4v) is 3.84. The van der Waals surface area contributed by atoms with E-state index in [-0.39, 0.29) is 11.4 Å². The van der Waals surface area contributed by atoms with Crippen LogP contribution in [0, 0.1) is 6.92 Å². The molecule has 36 heavy (non-hydrogen) atoms. The number of alkyl halides is 3. The van der Waals surface area contributed by atoms with Crippen molar-refractivity contribution in [1.29, 1.82) is 0 Å². The first-order valence-corrected chi connectivity index (χ1v) is 10.8. The predicted octanol–water partition coefficient (Wildman–Crippen LogP) is 5.48. The van der Waals surface area contributed by atoms with Crippen LogP contribution in [0.1, 0.15) is 40.4 Å². The molecular weight excluding hydrogens is 475 g/mol. The highest BCUT2D eigenvalue weighted by atomic mass is 19.4. The largest absolute Gasteiger partial charge is 0.496 e. The molecule has 2 aromatic carbocycles. The van der Waals surface area contributed by atoms with Gasteiger partial charge in [-0.25, -0.2) is 19.7 Å². The van der Waals surface area contributed by atoms with Gasteiger partial charge >= 0.3 is 12.1 Å². The van der Waals surface area contributed by atoms with Crippen molar-refractivity contribution in [2.24, 2.45) is 0 Å². The summed E-state index contributed by atoms with van der Waals surface area (Å²) in [6.45, 7) is 3.41. The molecule has 0 aliphatic carbocycles. The first kappa shape index (κ1) is 24.7. The summed E-state index contributed by atoms with van der Waals surface area (Å²) < 4.78 is 45.4. The highest BCUT2D eigenvalue weighted by Crippen LogP contribution is 2.37. The number of aromatic carboxylic acids is 1. The summed E-state index contributed by atoms with van der Waals surface area (Å²) >= 11 is 0. The van der Waals surface area contributed by atoms with Gasteiger partial charge in [-0.2, -0.15) is 13.2 Å². The summed E-state index contributed by atoms with van der Waals surface area (Å²) in [5, 5.41) is 12.9. The summed E-state index contributed by atoms with van der Waals surface area (Å²) in [6.07, 6.45) is -3.11. The average Bonchev–Trinajstić information content (AvgIpc) is 2.82. The minimum Gasteiger partial charge on any atom is -0.496 e. The predicted molar refractivity (Wildman–Crippen MR) is 129 cm³/mol. The summed E-state index contributed by atoms with van der Waals surface area (Å²) in [7, 11) is 1.50. The smallest absolute Gasteiger partial charge is 0.416 e. The van der Waals surface area contributed by atoms with Crippen molar-refractivity contribution in [2.75, 3.05) is 18.2 Å². The number of halogens is 3. The number of ether oxygens (including phenoxy) is 1. The Balaban J connectivity index is 1.80. The molecule has 0 radical (unpaired) electrons. The monoisotopic (exact) mass is 497 g/mol. The van der Waals surface area contributed by atoms with Crippen LogP contribution < -0.4 is 15.8 Å². The van der Waals surface area contributed by atoms with Crippen LogP contribution in [0.15, 0.2) is 48.7 Å². The van der Waals surface area contributed by atoms with Crippen LogP contribution >= 0.6 is 0 Å². The number of carbonyl (C=O) groups is 1. The Morgan fingerprint density at radius 1 is 1.14 bits per heavy atom. The third-order valence-corrected chi connectivity index (χ3v) is 5.58. The van der Waals surface area contributed by atoms with Crippen LogP contribution in [-0.4, -0.2) is 33.1 Å². The van der Waals surface area contributed by atoms with E-state index in [1.54, 1.807) is 32.0 Å². The van der Waals surface area contributed by atoms with Gasteiger partial charge in [0.25, 0.3) is 0 Å². The number of pyridine rings is 1. The molecule has 8 nitrogen and oxygen atoms in total. The molecule has 4 aromatic rings. The molecule has 0 aliphatic rings. The quantitative estimate of drug-likeness (QED) is 0.299. The van der Waals surface area contributed by atoms with Gasteiger partial charge in [0.2, 0.25) is 0 Å². The lowest BCUT2D eigenvalue weighted by Crippen LogP contribution is -2.13. The zero-order valence-electron chi connectivity index (χ0n) is 19.5. The van der Waals surface area contributed by atoms with Crippen molar-refractivity contribution in [3.05, 3.63) is 71.3 Å². The second-order valence-corrected chi connectivity index (χ2v) is 8.18. The Morgan fingerprint density at radius 3 is 2.50 bits per heavy atom. The summed E-state index contributed by atoms with van der Waals surface area (Å²) in [4.78, 5) is 24.1. The molecule has 4 rings (SSSR count). The molecule has 2 aromatic heterocycles. The Labute approximate surface area is 204 Å². The number of rotatable bonds is 6. The van der Waals surface area contributed by atoms with Crippen LogP contribution in [0.5, 0.6) is 5.75 Å². The number of fused-ring (bicyclic) bond motifs is 1. The Bertz CT molecular complexity index is 1460. The van der Waals surface area contributed by atoms with Gasteiger partial charge in [-0.3, -0.25) is 0 Å². The number of nitrogens with two attached hydrogens (primary N) is 1. The molecule has 4 N–H and O–H groups in total. The molecule has 0 spiro atoms. The van der Waals surface area contributed by atoms with Crippen LogP contribution in [-0.2, 0) is 6.18 Å². The molecule has 0 unspecified atom stereocenters. The molecule has 0 aliphatic heterocycles. The lowest BCUT2D eigenvalue weighted by atomic mass is 10.0. The second-order valence-electron chi connectivity index (χ2n) is 8.18. The van der Waals surface area contributed by atoms with Gasteiger partial charge in [-0.1, -0.05) is 6.07 Å². The van der Waals surface area contributed by atoms with Gasteiger partial charge < -0.3 is 20.9 Å². The Morgan fingerprint density at radius 2 is 1.89 bits per heavy atom. The van der Waals surface area contributed by atoms with Gasteiger partial charge in [0, 0.05) is 34.5 Å². The van der Waals surface area contributed by atoms with E-state index in [4.69, 9.17) is 15.6 Å². The number of methoxy groups -OCH3 is 1. The lowest BCUT2D eigenvalue weighted by Gasteiger charge is -2.20. The van der Waals surface area contributed by atoms with E-state index < -0.39 is 23.8 Å². The number of nitrogens with zero attached hydrogens (tertiary/aromatic N) is 3. The van der Waals surface area contributed by atoms with Gasteiger partial charge in [0.15, 0.2) is 0 Å². The highest BCUT2D eigenvalue weighted by molar-refractivity contribution is 5.95. The highest BCUT2D eigenvalue weighted by Gasteiger charge is 2.31. The number of anilines is 2. The minimum absolute atomic E-state index is 0.00142. The first-order valence-electron chi connectivity index (χ1n) is 10.8. The van der Waals surface area contributed by atoms with E-state index in [1.165, 1.54) is 25.4 Å². The van der Waals surface area contributed by atoms with Crippen molar-refractivity contribution in [2.45, 2.75) is 26.1 Å². The number of hydrogen-bond acceptors (Lipinski definition) is 7. The Hall–Kier alpha value is -4.41. The molecule has 1 atom stereocenters. The number of nitrogens with one attached hydrogen (secondary N) is 1. The molecule has 11 heteroatoms. The minimum atomic E-state index is -4.53. The van der Waals surface area contributed by atoms with Crippen LogP contribution in [0.25, 0.3) is 22.0 Å². The summed E-state index contributed by atoms with van der Waals surface area (Å²) in [5.41, 5.74) is 6.91. The molecule has 0 bridgehead atoms. The fourth-order valence-electron chi connectivity index (χ4n) is 3.84. The van der Waals surface area contributed by atoms with Gasteiger partial charge in [-0.05, 0) is 49.7 Å². The number of hydrogen-bond donors (Lipinski definition) is 3. The number of carboxylic acid groups (broad SMARTS) is 1. The first-order chi connectivity index (χ1) is 17.0. The molecule has 0 fully saturated rings. The van der Waals surface area contributed by atoms with Crippen molar-refractivity contribution >= 4 is 28.4 Å². The number of aromatic nitrogens is 3. The lowest BCUT2D eigenvalue weighted by molar-refractivity contribution is -0.137. The SMILES string of the molecule is COc1cc2nc(C)nc(N[C@@H](C)c3cc(N)cc(C(F)(F)F)c3)c2cc1-c1ccc(C(=O)O)nc1. The second kappa shape index (κ2) is 9.33. The molecule has 0 saturated heterocycles. The maximum Gasteiger partial charge on any atom is 0.416 e.